The molecule has 1 aromatic heterocycles. The van der Waals surface area contributed by atoms with Gasteiger partial charge < -0.3 is 43.1 Å². The van der Waals surface area contributed by atoms with Gasteiger partial charge in [0, 0.05) is 10.9 Å². The summed E-state index contributed by atoms with van der Waals surface area (Å²) in [6, 6.07) is 85.8. The van der Waals surface area contributed by atoms with Crippen LogP contribution in [0.5, 0.6) is 46.0 Å². The van der Waals surface area contributed by atoms with Gasteiger partial charge in [0.25, 0.3) is 0 Å². The first kappa shape index (κ1) is 104. The lowest BCUT2D eigenvalue weighted by Gasteiger charge is -2.22. The van der Waals surface area contributed by atoms with Crippen LogP contribution in [0, 0.1) is 17.3 Å². The van der Waals surface area contributed by atoms with Crippen LogP contribution in [0.15, 0.2) is 288 Å². The van der Waals surface area contributed by atoms with Crippen molar-refractivity contribution in [1.82, 2.24) is 0 Å². The molecule has 2 N–H and O–H groups in total. The van der Waals surface area contributed by atoms with Gasteiger partial charge in [0.05, 0.1) is 39.2 Å². The van der Waals surface area contributed by atoms with E-state index in [4.69, 9.17) is 43.1 Å². The molecule has 1 aliphatic heterocycles. The van der Waals surface area contributed by atoms with E-state index in [1.54, 1.807) is 52.7 Å². The third kappa shape index (κ3) is 33.8. The van der Waals surface area contributed by atoms with E-state index in [-0.39, 0.29) is 5.41 Å². The summed E-state index contributed by atoms with van der Waals surface area (Å²) < 4.78 is 37.5. The lowest BCUT2D eigenvalue weighted by Crippen LogP contribution is -2.07. The summed E-state index contributed by atoms with van der Waals surface area (Å²) in [5.74, 6) is 12.0. The number of phenols is 2. The van der Waals surface area contributed by atoms with Crippen molar-refractivity contribution in [1.29, 1.82) is 0 Å². The first-order valence-corrected chi connectivity index (χ1v) is 45.8. The molecule has 0 fully saturated rings. The second-order valence-corrected chi connectivity index (χ2v) is 36.9. The molecular formula is C116H147BrO9. The van der Waals surface area contributed by atoms with Gasteiger partial charge in [-0.2, -0.15) is 0 Å². The van der Waals surface area contributed by atoms with Crippen molar-refractivity contribution in [2.75, 3.05) is 35.2 Å². The average Bonchev–Trinajstić information content (AvgIpc) is 1.66. The van der Waals surface area contributed by atoms with Crippen molar-refractivity contribution in [3.8, 4) is 46.0 Å². The molecule has 16 rings (SSSR count). The minimum Gasteiger partial charge on any atom is -0.508 e. The quantitative estimate of drug-likeness (QED) is 0.110. The molecule has 672 valence electrons. The van der Waals surface area contributed by atoms with Crippen LogP contribution in [0.1, 0.15) is 284 Å². The molecule has 0 saturated carbocycles. The maximum Gasteiger partial charge on any atom is 0.231 e. The molecule has 11 aromatic carbocycles. The fourth-order valence-corrected chi connectivity index (χ4v) is 14.7. The molecule has 0 bridgehead atoms. The van der Waals surface area contributed by atoms with E-state index in [9.17, 15) is 0 Å². The smallest absolute Gasteiger partial charge is 0.231 e. The van der Waals surface area contributed by atoms with E-state index < -0.39 is 0 Å². The van der Waals surface area contributed by atoms with Gasteiger partial charge in [0.2, 0.25) is 6.79 Å². The minimum absolute atomic E-state index is 0.220. The first-order valence-electron chi connectivity index (χ1n) is 45.0. The standard InChI is InChI=1S/C14H18O.2C12H14.C11H12O.C10H13BrO.C10H12O2.2C10H14O.2C9H12O.C9H12/c1-14(2,3)13-8-6-10-5-7-11(15-4)9-12(10)13;2*1-9(2)11-8-7-10-5-3-4-6-12(10)11;1-8(2)10-7-12-11-6-4-3-5-9(10)11;1-7(2)8-4-5-10(12-3)9(11)6-8;1-7(2)8-3-4-9-10(5-8)12-6-11-9;1-8(2)9-4-6-10(11-3)7-5-9;1-8(2)9-5-4-6-10(7-9)11-3;1-7(2)8-3-5-9(10)6-4-8;1-7(2)8-4-3-5-9(10)6-8;1-8(2)9-6-4-3-5-7-9/h5,7-9H,6H2,1-4H3;2*3-6,8-9H,7H2,1-2H3;3-8H,1-2H3;4-7H,1-3H3;3-5,7H,6H2,1-2H3;2*4-8H,1-3H3;2*3-7,10H,1-2H3;3-8H,1-2H3. The van der Waals surface area contributed by atoms with Crippen LogP contribution in [0.4, 0.5) is 0 Å². The highest BCUT2D eigenvalue weighted by Gasteiger charge is 2.25. The Labute approximate surface area is 767 Å². The predicted molar refractivity (Wildman–Crippen MR) is 541 cm³/mol. The first-order chi connectivity index (χ1) is 60.0. The number of benzene rings is 11. The van der Waals surface area contributed by atoms with Crippen LogP contribution in [0.2, 0.25) is 0 Å². The van der Waals surface area contributed by atoms with Crippen molar-refractivity contribution in [3.05, 3.63) is 362 Å². The number of furan rings is 1. The topological polar surface area (TPSA) is 109 Å². The summed E-state index contributed by atoms with van der Waals surface area (Å²) in [6.45, 7) is 50.8. The third-order valence-electron chi connectivity index (χ3n) is 22.1. The summed E-state index contributed by atoms with van der Waals surface area (Å²) in [5.41, 5.74) is 24.8. The monoisotopic (exact) mass is 1760 g/mol. The number of phenolic OH excluding ortho intramolecular Hbond substituents is 2. The number of ether oxygens (including phenoxy) is 6. The lowest BCUT2D eigenvalue weighted by molar-refractivity contribution is 0.174. The van der Waals surface area contributed by atoms with E-state index in [1.165, 1.54) is 100.0 Å². The maximum atomic E-state index is 9.06. The highest BCUT2D eigenvalue weighted by atomic mass is 79.9. The molecule has 0 spiro atoms. The molecule has 12 aromatic rings. The summed E-state index contributed by atoms with van der Waals surface area (Å²) in [6.07, 6.45) is 12.2. The fourth-order valence-electron chi connectivity index (χ4n) is 14.2. The van der Waals surface area contributed by atoms with Gasteiger partial charge in [-0.25, -0.2) is 0 Å². The number of hydrogen-bond acceptors (Lipinski definition) is 9. The van der Waals surface area contributed by atoms with Gasteiger partial charge in [0.15, 0.2) is 11.5 Å². The second-order valence-electron chi connectivity index (χ2n) is 36.0. The van der Waals surface area contributed by atoms with Crippen LogP contribution in [0.25, 0.3) is 27.7 Å². The van der Waals surface area contributed by atoms with E-state index in [1.807, 2.05) is 103 Å². The Morgan fingerprint density at radius 3 is 1.21 bits per heavy atom. The van der Waals surface area contributed by atoms with Gasteiger partial charge in [-0.15, -0.1) is 0 Å². The van der Waals surface area contributed by atoms with E-state index in [0.29, 0.717) is 77.5 Å². The SMILES string of the molecule is CC(C)C1=CCc2ccccc21.CC(C)C1=CCc2ccccc21.CC(C)c1ccc(O)cc1.CC(C)c1ccc2c(c1)OCO2.CC(C)c1cccc(O)c1.CC(C)c1ccccc1.CC(C)c1coc2ccccc12.COc1ccc(C(C)C)cc1.COc1ccc(C(C)C)cc1Br.COc1ccc2c(c1)C(C(C)(C)C)=CC2.COc1cccc(C(C)C)c1. The van der Waals surface area contributed by atoms with E-state index >= 15 is 0 Å². The number of para-hydroxylation sites is 1. The van der Waals surface area contributed by atoms with Gasteiger partial charge >= 0.3 is 0 Å². The van der Waals surface area contributed by atoms with Crippen LogP contribution >= 0.6 is 15.9 Å². The van der Waals surface area contributed by atoms with Gasteiger partial charge in [-0.3, -0.25) is 0 Å². The fraction of sp³-hybridized carbons (Fsp3) is 0.362. The summed E-state index contributed by atoms with van der Waals surface area (Å²) in [5, 5.41) is 19.2. The number of hydrogen-bond donors (Lipinski definition) is 2. The predicted octanol–water partition coefficient (Wildman–Crippen LogP) is 33.4. The number of allylic oxidation sites excluding steroid dienone is 6. The Balaban J connectivity index is 0.000000215. The zero-order valence-electron chi connectivity index (χ0n) is 80.8. The van der Waals surface area contributed by atoms with E-state index in [2.05, 4.69) is 327 Å². The van der Waals surface area contributed by atoms with Gasteiger partial charge in [0.1, 0.15) is 40.1 Å². The summed E-state index contributed by atoms with van der Waals surface area (Å²) >= 11 is 3.45. The van der Waals surface area contributed by atoms with Crippen molar-refractivity contribution in [2.45, 2.75) is 226 Å². The Hall–Kier alpha value is -10.9. The number of rotatable bonds is 14. The maximum absolute atomic E-state index is 9.06. The highest BCUT2D eigenvalue weighted by Crippen LogP contribution is 2.42. The van der Waals surface area contributed by atoms with Gasteiger partial charge in [-0.05, 0) is 280 Å². The third-order valence-corrected chi connectivity index (χ3v) is 22.7. The molecule has 0 radical (unpaired) electrons. The lowest BCUT2D eigenvalue weighted by atomic mass is 9.83. The van der Waals surface area contributed by atoms with Crippen molar-refractivity contribution < 1.29 is 43.1 Å². The molecular weight excluding hydrogens is 1620 g/mol. The molecule has 0 saturated heterocycles. The number of aromatic hydroxyl groups is 2. The second kappa shape index (κ2) is 52.9. The van der Waals surface area contributed by atoms with Crippen LogP contribution in [-0.4, -0.2) is 45.4 Å². The molecule has 9 nitrogen and oxygen atoms in total. The zero-order chi connectivity index (χ0) is 92.7. The number of fused-ring (bicyclic) bond motifs is 5. The van der Waals surface area contributed by atoms with Crippen molar-refractivity contribution >= 4 is 43.6 Å². The molecule has 2 heterocycles. The highest BCUT2D eigenvalue weighted by molar-refractivity contribution is 9.10. The summed E-state index contributed by atoms with van der Waals surface area (Å²) in [7, 11) is 6.77. The van der Waals surface area contributed by atoms with Crippen LogP contribution in [0.3, 0.4) is 0 Å². The van der Waals surface area contributed by atoms with Crippen molar-refractivity contribution in [2.24, 2.45) is 17.3 Å². The van der Waals surface area contributed by atoms with E-state index in [0.717, 1.165) is 63.8 Å². The largest absolute Gasteiger partial charge is 0.508 e. The Bertz CT molecular complexity index is 5200. The normalized spacial score (nSPS) is 12.1. The summed E-state index contributed by atoms with van der Waals surface area (Å²) in [4.78, 5) is 0. The van der Waals surface area contributed by atoms with Gasteiger partial charge in [-0.1, -0.05) is 341 Å². The molecule has 4 aliphatic rings. The van der Waals surface area contributed by atoms with Crippen LogP contribution in [-0.2, 0) is 19.3 Å². The zero-order valence-corrected chi connectivity index (χ0v) is 82.4. The minimum atomic E-state index is 0.220. The molecule has 3 aliphatic carbocycles. The Kier molecular flexibility index (Phi) is 43.6. The Morgan fingerprint density at radius 1 is 0.317 bits per heavy atom. The molecule has 0 unspecified atom stereocenters. The van der Waals surface area contributed by atoms with Crippen LogP contribution < -0.4 is 28.4 Å². The molecule has 0 amide bonds. The van der Waals surface area contributed by atoms with Crippen molar-refractivity contribution in [3.63, 3.8) is 0 Å². The Morgan fingerprint density at radius 2 is 0.730 bits per heavy atom. The molecule has 126 heavy (non-hydrogen) atoms. The molecule has 10 heteroatoms. The number of halogens is 1. The average molecular weight is 1770 g/mol. The molecule has 0 atom stereocenters. The number of methoxy groups -OCH3 is 4.